The lowest BCUT2D eigenvalue weighted by molar-refractivity contribution is 0.184. The summed E-state index contributed by atoms with van der Waals surface area (Å²) in [7, 11) is -1.70. The average Bonchev–Trinajstić information content (AvgIpc) is 2.91. The molecular weight excluding hydrogens is 278 g/mol. The zero-order valence-electron chi connectivity index (χ0n) is 12.7. The van der Waals surface area contributed by atoms with E-state index in [1.54, 1.807) is 7.05 Å². The van der Waals surface area contributed by atoms with Crippen LogP contribution in [0.2, 0.25) is 0 Å². The van der Waals surface area contributed by atoms with E-state index in [0.29, 0.717) is 19.0 Å². The van der Waals surface area contributed by atoms with E-state index in [1.807, 2.05) is 0 Å². The van der Waals surface area contributed by atoms with Gasteiger partial charge in [0.1, 0.15) is 0 Å². The van der Waals surface area contributed by atoms with Crippen molar-refractivity contribution in [1.82, 2.24) is 14.3 Å². The minimum Gasteiger partial charge on any atom is -0.381 e. The molecular formula is C13H29N3O3S. The van der Waals surface area contributed by atoms with Gasteiger partial charge in [-0.3, -0.25) is 0 Å². The zero-order chi connectivity index (χ0) is 14.8. The van der Waals surface area contributed by atoms with Crippen molar-refractivity contribution in [3.05, 3.63) is 0 Å². The fourth-order valence-corrected chi connectivity index (χ4v) is 3.13. The van der Waals surface area contributed by atoms with Crippen LogP contribution in [0.5, 0.6) is 0 Å². The second-order valence-electron chi connectivity index (χ2n) is 5.34. The highest BCUT2D eigenvalue weighted by Gasteiger charge is 2.19. The third-order valence-corrected chi connectivity index (χ3v) is 5.10. The Bertz CT molecular complexity index is 343. The molecule has 0 amide bonds. The number of nitrogens with zero attached hydrogens (tertiary/aromatic N) is 1. The van der Waals surface area contributed by atoms with Gasteiger partial charge >= 0.3 is 0 Å². The van der Waals surface area contributed by atoms with E-state index < -0.39 is 10.2 Å². The van der Waals surface area contributed by atoms with E-state index in [4.69, 9.17) is 4.74 Å². The normalized spacial score (nSPS) is 19.9. The number of nitrogens with one attached hydrogen (secondary N) is 2. The van der Waals surface area contributed by atoms with E-state index in [0.717, 1.165) is 52.0 Å². The summed E-state index contributed by atoms with van der Waals surface area (Å²) < 4.78 is 33.3. The summed E-state index contributed by atoms with van der Waals surface area (Å²) in [5, 5.41) is 3.27. The Morgan fingerprint density at radius 2 is 2.10 bits per heavy atom. The van der Waals surface area contributed by atoms with Gasteiger partial charge in [-0.05, 0) is 44.7 Å². The van der Waals surface area contributed by atoms with E-state index in [2.05, 4.69) is 17.0 Å². The summed E-state index contributed by atoms with van der Waals surface area (Å²) in [6.45, 7) is 6.56. The van der Waals surface area contributed by atoms with E-state index >= 15 is 0 Å². The number of hydrogen-bond donors (Lipinski definition) is 2. The van der Waals surface area contributed by atoms with Crippen LogP contribution in [0.3, 0.4) is 0 Å². The summed E-state index contributed by atoms with van der Waals surface area (Å²) >= 11 is 0. The van der Waals surface area contributed by atoms with Crippen molar-refractivity contribution in [3.8, 4) is 0 Å². The van der Waals surface area contributed by atoms with Gasteiger partial charge in [0.2, 0.25) is 0 Å². The smallest absolute Gasteiger partial charge is 0.279 e. The predicted octanol–water partition coefficient (Wildman–Crippen LogP) is 0.569. The van der Waals surface area contributed by atoms with Crippen LogP contribution >= 0.6 is 0 Å². The molecule has 1 unspecified atom stereocenters. The monoisotopic (exact) mass is 307 g/mol. The first-order valence-electron chi connectivity index (χ1n) is 7.55. The second kappa shape index (κ2) is 9.68. The molecule has 1 aliphatic rings. The fourth-order valence-electron chi connectivity index (χ4n) is 2.16. The lowest BCUT2D eigenvalue weighted by atomic mass is 10.1. The average molecular weight is 307 g/mol. The van der Waals surface area contributed by atoms with Gasteiger partial charge in [0.25, 0.3) is 10.2 Å². The van der Waals surface area contributed by atoms with Crippen LogP contribution in [0, 0.1) is 5.92 Å². The fraction of sp³-hybridized carbons (Fsp3) is 1.00. The Morgan fingerprint density at radius 1 is 1.30 bits per heavy atom. The van der Waals surface area contributed by atoms with Crippen molar-refractivity contribution in [2.45, 2.75) is 32.6 Å². The van der Waals surface area contributed by atoms with Gasteiger partial charge in [-0.1, -0.05) is 6.92 Å². The predicted molar refractivity (Wildman–Crippen MR) is 80.9 cm³/mol. The van der Waals surface area contributed by atoms with Crippen LogP contribution in [-0.4, -0.2) is 59.2 Å². The maximum atomic E-state index is 12.0. The highest BCUT2D eigenvalue weighted by atomic mass is 32.2. The third-order valence-electron chi connectivity index (χ3n) is 3.52. The van der Waals surface area contributed by atoms with Gasteiger partial charge in [-0.25, -0.2) is 4.72 Å². The SMILES string of the molecule is CCCNCCCN(C)S(=O)(=O)NCCC1CCOC1. The summed E-state index contributed by atoms with van der Waals surface area (Å²) in [4.78, 5) is 0. The van der Waals surface area contributed by atoms with Crippen molar-refractivity contribution < 1.29 is 13.2 Å². The van der Waals surface area contributed by atoms with Crippen molar-refractivity contribution in [2.75, 3.05) is 46.4 Å². The number of hydrogen-bond acceptors (Lipinski definition) is 4. The Morgan fingerprint density at radius 3 is 2.75 bits per heavy atom. The molecule has 1 heterocycles. The Labute approximate surface area is 123 Å². The van der Waals surface area contributed by atoms with Crippen LogP contribution < -0.4 is 10.0 Å². The molecule has 1 rings (SSSR count). The van der Waals surface area contributed by atoms with Crippen LogP contribution in [0.1, 0.15) is 32.6 Å². The molecule has 1 atom stereocenters. The van der Waals surface area contributed by atoms with Crippen molar-refractivity contribution in [3.63, 3.8) is 0 Å². The molecule has 0 radical (unpaired) electrons. The van der Waals surface area contributed by atoms with Gasteiger partial charge in [0.15, 0.2) is 0 Å². The van der Waals surface area contributed by atoms with Crippen LogP contribution in [0.4, 0.5) is 0 Å². The Balaban J connectivity index is 2.14. The minimum absolute atomic E-state index is 0.495. The molecule has 2 N–H and O–H groups in total. The van der Waals surface area contributed by atoms with Crippen molar-refractivity contribution >= 4 is 10.2 Å². The van der Waals surface area contributed by atoms with Crippen LogP contribution in [0.25, 0.3) is 0 Å². The van der Waals surface area contributed by atoms with Gasteiger partial charge < -0.3 is 10.1 Å². The molecule has 0 aromatic rings. The van der Waals surface area contributed by atoms with E-state index in [1.165, 1.54) is 4.31 Å². The van der Waals surface area contributed by atoms with Gasteiger partial charge in [-0.2, -0.15) is 12.7 Å². The van der Waals surface area contributed by atoms with Gasteiger partial charge in [0.05, 0.1) is 0 Å². The van der Waals surface area contributed by atoms with Crippen molar-refractivity contribution in [2.24, 2.45) is 5.92 Å². The molecule has 0 aliphatic carbocycles. The lowest BCUT2D eigenvalue weighted by Crippen LogP contribution is -2.40. The largest absolute Gasteiger partial charge is 0.381 e. The molecule has 0 bridgehead atoms. The first-order chi connectivity index (χ1) is 9.56. The molecule has 120 valence electrons. The number of ether oxygens (including phenoxy) is 1. The molecule has 6 nitrogen and oxygen atoms in total. The molecule has 1 fully saturated rings. The lowest BCUT2D eigenvalue weighted by Gasteiger charge is -2.18. The maximum Gasteiger partial charge on any atom is 0.279 e. The Kier molecular flexibility index (Phi) is 8.63. The highest BCUT2D eigenvalue weighted by molar-refractivity contribution is 7.87. The molecule has 1 aliphatic heterocycles. The second-order valence-corrected chi connectivity index (χ2v) is 7.20. The quantitative estimate of drug-likeness (QED) is 0.548. The third kappa shape index (κ3) is 6.99. The zero-order valence-corrected chi connectivity index (χ0v) is 13.5. The maximum absolute atomic E-state index is 12.0. The summed E-state index contributed by atoms with van der Waals surface area (Å²) in [6, 6.07) is 0. The highest BCUT2D eigenvalue weighted by Crippen LogP contribution is 2.15. The van der Waals surface area contributed by atoms with Gasteiger partial charge in [0, 0.05) is 33.4 Å². The van der Waals surface area contributed by atoms with Crippen LogP contribution in [-0.2, 0) is 14.9 Å². The molecule has 7 heteroatoms. The van der Waals surface area contributed by atoms with E-state index in [9.17, 15) is 8.42 Å². The number of rotatable bonds is 11. The summed E-state index contributed by atoms with van der Waals surface area (Å²) in [5.41, 5.74) is 0. The molecule has 1 saturated heterocycles. The summed E-state index contributed by atoms with van der Waals surface area (Å²) in [5.74, 6) is 0.501. The van der Waals surface area contributed by atoms with Gasteiger partial charge in [-0.15, -0.1) is 0 Å². The van der Waals surface area contributed by atoms with Crippen molar-refractivity contribution in [1.29, 1.82) is 0 Å². The Hall–Kier alpha value is -0.210. The first kappa shape index (κ1) is 17.8. The molecule has 0 spiro atoms. The molecule has 20 heavy (non-hydrogen) atoms. The molecule has 0 aromatic heterocycles. The first-order valence-corrected chi connectivity index (χ1v) is 8.99. The minimum atomic E-state index is -3.33. The topological polar surface area (TPSA) is 70.7 Å². The molecule has 0 aromatic carbocycles. The standard InChI is InChI=1S/C13H29N3O3S/c1-3-7-14-8-4-10-16(2)20(17,18)15-9-5-13-6-11-19-12-13/h13-15H,3-12H2,1-2H3. The molecule has 0 saturated carbocycles. The summed E-state index contributed by atoms with van der Waals surface area (Å²) in [6.07, 6.45) is 3.82. The van der Waals surface area contributed by atoms with E-state index in [-0.39, 0.29) is 0 Å². The van der Waals surface area contributed by atoms with Crippen LogP contribution in [0.15, 0.2) is 0 Å².